The number of likely N-dealkylation sites (tertiary alicyclic amines) is 1. The summed E-state index contributed by atoms with van der Waals surface area (Å²) >= 11 is 6.32. The van der Waals surface area contributed by atoms with E-state index in [1.807, 2.05) is 24.3 Å². The number of nitrogens with zero attached hydrogens (tertiary/aromatic N) is 1. The first-order valence-electron chi connectivity index (χ1n) is 6.62. The lowest BCUT2D eigenvalue weighted by molar-refractivity contribution is 0.137. The van der Waals surface area contributed by atoms with Gasteiger partial charge in [-0.05, 0) is 30.5 Å². The van der Waals surface area contributed by atoms with Crippen LogP contribution in [-0.4, -0.2) is 47.8 Å². The maximum absolute atomic E-state index is 11.8. The molecular formula is C13H16Br2N2O4S. The Bertz CT molecular complexity index is 653. The molecule has 1 heterocycles. The van der Waals surface area contributed by atoms with Crippen molar-refractivity contribution in [1.29, 1.82) is 0 Å². The summed E-state index contributed by atoms with van der Waals surface area (Å²) in [4.78, 5) is 12.7. The number of carbonyl (C=O) groups is 1. The smallest absolute Gasteiger partial charge is 0.407 e. The Kier molecular flexibility index (Phi) is 5.87. The third-order valence-corrected chi connectivity index (χ3v) is 6.85. The quantitative estimate of drug-likeness (QED) is 0.667. The minimum absolute atomic E-state index is 0.201. The molecule has 0 radical (unpaired) electrons. The molecule has 2 rings (SSSR count). The summed E-state index contributed by atoms with van der Waals surface area (Å²) in [6, 6.07) is 6.74. The zero-order valence-corrected chi connectivity index (χ0v) is 15.6. The number of benzene rings is 1. The fourth-order valence-corrected chi connectivity index (χ4v) is 4.29. The van der Waals surface area contributed by atoms with E-state index in [9.17, 15) is 18.3 Å². The summed E-state index contributed by atoms with van der Waals surface area (Å²) < 4.78 is 26.8. The third-order valence-electron chi connectivity index (χ3n) is 3.60. The van der Waals surface area contributed by atoms with E-state index in [0.29, 0.717) is 19.4 Å². The molecule has 2 atom stereocenters. The standard InChI is InChI=1S/C13H16Br2N2O4S/c14-8-22(20,21)16-11-4-5-17(13(18)19)12(11)7-9-2-1-3-10(15)6-9/h1-3,6,11-12,16H,4-5,7-8H2,(H,18,19)/t11-,12-/m0/s1. The van der Waals surface area contributed by atoms with Crippen LogP contribution in [0.4, 0.5) is 4.79 Å². The van der Waals surface area contributed by atoms with Gasteiger partial charge in [-0.15, -0.1) is 0 Å². The molecule has 122 valence electrons. The van der Waals surface area contributed by atoms with Gasteiger partial charge in [0.25, 0.3) is 0 Å². The second kappa shape index (κ2) is 7.29. The van der Waals surface area contributed by atoms with Crippen molar-refractivity contribution in [2.75, 3.05) is 11.2 Å². The van der Waals surface area contributed by atoms with E-state index in [0.717, 1.165) is 10.0 Å². The topological polar surface area (TPSA) is 86.7 Å². The van der Waals surface area contributed by atoms with Crippen LogP contribution in [0.5, 0.6) is 0 Å². The average Bonchev–Trinajstić information content (AvgIpc) is 2.81. The molecule has 0 spiro atoms. The van der Waals surface area contributed by atoms with Crippen LogP contribution in [0.3, 0.4) is 0 Å². The van der Waals surface area contributed by atoms with Crippen molar-refractivity contribution in [1.82, 2.24) is 9.62 Å². The maximum atomic E-state index is 11.8. The van der Waals surface area contributed by atoms with Gasteiger partial charge in [0.05, 0.1) is 6.04 Å². The summed E-state index contributed by atoms with van der Waals surface area (Å²) in [5.41, 5.74) is 0.954. The minimum Gasteiger partial charge on any atom is -0.465 e. The van der Waals surface area contributed by atoms with Crippen molar-refractivity contribution < 1.29 is 18.3 Å². The number of rotatable bonds is 5. The molecular weight excluding hydrogens is 440 g/mol. The van der Waals surface area contributed by atoms with Gasteiger partial charge >= 0.3 is 6.09 Å². The van der Waals surface area contributed by atoms with Crippen LogP contribution in [0.2, 0.25) is 0 Å². The zero-order chi connectivity index (χ0) is 16.3. The molecule has 1 saturated heterocycles. The normalized spacial score (nSPS) is 22.0. The molecule has 0 saturated carbocycles. The average molecular weight is 456 g/mol. The Morgan fingerprint density at radius 2 is 2.18 bits per heavy atom. The number of hydrogen-bond acceptors (Lipinski definition) is 3. The van der Waals surface area contributed by atoms with Crippen LogP contribution in [0.15, 0.2) is 28.7 Å². The molecule has 22 heavy (non-hydrogen) atoms. The molecule has 1 aromatic carbocycles. The van der Waals surface area contributed by atoms with E-state index in [1.165, 1.54) is 4.90 Å². The summed E-state index contributed by atoms with van der Waals surface area (Å²) in [5, 5.41) is 9.32. The number of halogens is 2. The van der Waals surface area contributed by atoms with Crippen LogP contribution in [0.25, 0.3) is 0 Å². The number of sulfonamides is 1. The molecule has 1 amide bonds. The zero-order valence-electron chi connectivity index (χ0n) is 11.6. The lowest BCUT2D eigenvalue weighted by Crippen LogP contribution is -2.47. The molecule has 0 aliphatic carbocycles. The highest BCUT2D eigenvalue weighted by Crippen LogP contribution is 2.24. The predicted octanol–water partition coefficient (Wildman–Crippen LogP) is 2.38. The van der Waals surface area contributed by atoms with Crippen LogP contribution >= 0.6 is 31.9 Å². The van der Waals surface area contributed by atoms with Crippen molar-refractivity contribution in [3.05, 3.63) is 34.3 Å². The molecule has 6 nitrogen and oxygen atoms in total. The highest BCUT2D eigenvalue weighted by Gasteiger charge is 2.38. The number of alkyl halides is 1. The summed E-state index contributed by atoms with van der Waals surface area (Å²) in [7, 11) is -3.45. The monoisotopic (exact) mass is 454 g/mol. The maximum Gasteiger partial charge on any atom is 0.407 e. The third kappa shape index (κ3) is 4.43. The lowest BCUT2D eigenvalue weighted by Gasteiger charge is -2.26. The van der Waals surface area contributed by atoms with Crippen LogP contribution in [-0.2, 0) is 16.4 Å². The molecule has 9 heteroatoms. The number of nitrogens with one attached hydrogen (secondary N) is 1. The van der Waals surface area contributed by atoms with Gasteiger partial charge in [0.1, 0.15) is 4.66 Å². The fraction of sp³-hybridized carbons (Fsp3) is 0.462. The van der Waals surface area contributed by atoms with Gasteiger partial charge in [-0.1, -0.05) is 44.0 Å². The van der Waals surface area contributed by atoms with E-state index in [4.69, 9.17) is 0 Å². The number of carboxylic acid groups (broad SMARTS) is 1. The molecule has 1 aliphatic heterocycles. The van der Waals surface area contributed by atoms with E-state index in [2.05, 4.69) is 36.6 Å². The van der Waals surface area contributed by atoms with Crippen LogP contribution in [0.1, 0.15) is 12.0 Å². The fourth-order valence-electron chi connectivity index (χ4n) is 2.65. The van der Waals surface area contributed by atoms with Crippen molar-refractivity contribution in [2.24, 2.45) is 0 Å². The van der Waals surface area contributed by atoms with Gasteiger partial charge in [-0.25, -0.2) is 17.9 Å². The first-order chi connectivity index (χ1) is 10.3. The summed E-state index contributed by atoms with van der Waals surface area (Å²) in [6.45, 7) is 0.323. The highest BCUT2D eigenvalue weighted by atomic mass is 79.9. The Morgan fingerprint density at radius 1 is 1.45 bits per heavy atom. The number of amides is 1. The molecule has 0 bridgehead atoms. The number of hydrogen-bond donors (Lipinski definition) is 2. The van der Waals surface area contributed by atoms with E-state index >= 15 is 0 Å². The van der Waals surface area contributed by atoms with Gasteiger partial charge < -0.3 is 10.0 Å². The van der Waals surface area contributed by atoms with Crippen LogP contribution in [0, 0.1) is 0 Å². The van der Waals surface area contributed by atoms with Crippen molar-refractivity contribution in [3.8, 4) is 0 Å². The lowest BCUT2D eigenvalue weighted by atomic mass is 10.0. The summed E-state index contributed by atoms with van der Waals surface area (Å²) in [6.07, 6.45) is -0.0983. The SMILES string of the molecule is O=C(O)N1CC[C@H](NS(=O)(=O)CBr)[C@@H]1Cc1cccc(Br)c1. The summed E-state index contributed by atoms with van der Waals surface area (Å²) in [5.74, 6) is 0. The second-order valence-electron chi connectivity index (χ2n) is 5.11. The molecule has 1 fully saturated rings. The second-order valence-corrected chi connectivity index (χ2v) is 9.09. The van der Waals surface area contributed by atoms with Crippen molar-refractivity contribution in [3.63, 3.8) is 0 Å². The van der Waals surface area contributed by atoms with E-state index in [1.54, 1.807) is 0 Å². The Hall–Kier alpha value is -0.640. The molecule has 0 aromatic heterocycles. The molecule has 1 aromatic rings. The van der Waals surface area contributed by atoms with Crippen LogP contribution < -0.4 is 4.72 Å². The van der Waals surface area contributed by atoms with Crippen molar-refractivity contribution >= 4 is 48.0 Å². The minimum atomic E-state index is -3.45. The van der Waals surface area contributed by atoms with Gasteiger partial charge in [0, 0.05) is 17.1 Å². The van der Waals surface area contributed by atoms with Gasteiger partial charge in [0.2, 0.25) is 10.0 Å². The van der Waals surface area contributed by atoms with Crippen molar-refractivity contribution in [2.45, 2.75) is 24.9 Å². The Balaban J connectivity index is 2.21. The molecule has 0 unspecified atom stereocenters. The Morgan fingerprint density at radius 3 is 2.77 bits per heavy atom. The highest BCUT2D eigenvalue weighted by molar-refractivity contribution is 9.10. The Labute approximate surface area is 146 Å². The van der Waals surface area contributed by atoms with E-state index < -0.39 is 28.2 Å². The molecule has 2 N–H and O–H groups in total. The van der Waals surface area contributed by atoms with E-state index in [-0.39, 0.29) is 4.66 Å². The van der Waals surface area contributed by atoms with Gasteiger partial charge in [-0.2, -0.15) is 0 Å². The van der Waals surface area contributed by atoms with Gasteiger partial charge in [-0.3, -0.25) is 0 Å². The first-order valence-corrected chi connectivity index (χ1v) is 10.2. The molecule has 1 aliphatic rings. The first kappa shape index (κ1) is 17.7. The van der Waals surface area contributed by atoms with Gasteiger partial charge in [0.15, 0.2) is 0 Å². The predicted molar refractivity (Wildman–Crippen MR) is 90.6 cm³/mol. The largest absolute Gasteiger partial charge is 0.465 e.